The molecule has 0 aliphatic carbocycles. The first-order chi connectivity index (χ1) is 8.47. The van der Waals surface area contributed by atoms with Crippen LogP contribution in [0.5, 0.6) is 0 Å². The molecule has 0 atom stereocenters. The van der Waals surface area contributed by atoms with Gasteiger partial charge in [0.2, 0.25) is 5.91 Å². The number of hydrogen-bond acceptors (Lipinski definition) is 3. The van der Waals surface area contributed by atoms with Crippen molar-refractivity contribution in [1.29, 1.82) is 0 Å². The Morgan fingerprint density at radius 3 is 2.61 bits per heavy atom. The van der Waals surface area contributed by atoms with Crippen LogP contribution >= 0.6 is 11.8 Å². The number of thioether (sulfide) groups is 1. The summed E-state index contributed by atoms with van der Waals surface area (Å²) in [6.45, 7) is 3.65. The molecule has 100 valence electrons. The van der Waals surface area contributed by atoms with Crippen molar-refractivity contribution in [1.82, 2.24) is 5.32 Å². The van der Waals surface area contributed by atoms with E-state index < -0.39 is 5.60 Å². The quantitative estimate of drug-likeness (QED) is 0.741. The first-order valence-electron chi connectivity index (χ1n) is 6.08. The second-order valence-electron chi connectivity index (χ2n) is 4.88. The Morgan fingerprint density at radius 1 is 1.33 bits per heavy atom. The molecule has 0 bridgehead atoms. The van der Waals surface area contributed by atoms with Gasteiger partial charge in [0.25, 0.3) is 0 Å². The number of hydrogen-bond donors (Lipinski definition) is 2. The summed E-state index contributed by atoms with van der Waals surface area (Å²) in [4.78, 5) is 11.5. The molecule has 1 aromatic rings. The van der Waals surface area contributed by atoms with Gasteiger partial charge in [0.05, 0.1) is 11.4 Å². The zero-order chi connectivity index (χ0) is 13.4. The van der Waals surface area contributed by atoms with Gasteiger partial charge in [0.15, 0.2) is 0 Å². The van der Waals surface area contributed by atoms with Crippen LogP contribution in [0.25, 0.3) is 0 Å². The third kappa shape index (κ3) is 7.35. The Hall–Kier alpha value is -1.00. The highest BCUT2D eigenvalue weighted by molar-refractivity contribution is 7.99. The molecule has 0 spiro atoms. The van der Waals surface area contributed by atoms with Gasteiger partial charge in [-0.15, -0.1) is 0 Å². The zero-order valence-electron chi connectivity index (χ0n) is 11.0. The van der Waals surface area contributed by atoms with Gasteiger partial charge < -0.3 is 10.4 Å². The fraction of sp³-hybridized carbons (Fsp3) is 0.500. The Morgan fingerprint density at radius 2 is 2.00 bits per heavy atom. The maximum atomic E-state index is 11.5. The maximum Gasteiger partial charge on any atom is 0.230 e. The second kappa shape index (κ2) is 7.44. The molecule has 0 aliphatic heterocycles. The molecule has 0 radical (unpaired) electrons. The van der Waals surface area contributed by atoms with E-state index in [1.807, 2.05) is 18.2 Å². The van der Waals surface area contributed by atoms with E-state index in [0.717, 1.165) is 12.2 Å². The highest BCUT2D eigenvalue weighted by Gasteiger charge is 2.13. The van der Waals surface area contributed by atoms with E-state index in [-0.39, 0.29) is 5.91 Å². The number of aliphatic hydroxyl groups is 1. The summed E-state index contributed by atoms with van der Waals surface area (Å²) >= 11 is 1.61. The van der Waals surface area contributed by atoms with Crippen molar-refractivity contribution in [3.05, 3.63) is 35.9 Å². The number of amides is 1. The summed E-state index contributed by atoms with van der Waals surface area (Å²) in [5, 5.41) is 12.2. The molecule has 0 heterocycles. The predicted octanol–water partition coefficient (Wildman–Crippen LogP) is 1.85. The fourth-order valence-electron chi connectivity index (χ4n) is 1.37. The summed E-state index contributed by atoms with van der Waals surface area (Å²) < 4.78 is 0. The van der Waals surface area contributed by atoms with Crippen molar-refractivity contribution < 1.29 is 9.90 Å². The van der Waals surface area contributed by atoms with Crippen LogP contribution in [0.3, 0.4) is 0 Å². The van der Waals surface area contributed by atoms with Crippen molar-refractivity contribution in [2.45, 2.75) is 25.9 Å². The summed E-state index contributed by atoms with van der Waals surface area (Å²) in [7, 11) is 0. The fourth-order valence-corrected chi connectivity index (χ4v) is 2.18. The Kier molecular flexibility index (Phi) is 6.22. The largest absolute Gasteiger partial charge is 0.389 e. The van der Waals surface area contributed by atoms with Crippen LogP contribution in [-0.2, 0) is 11.2 Å². The summed E-state index contributed by atoms with van der Waals surface area (Å²) in [5.74, 6) is 1.36. The summed E-state index contributed by atoms with van der Waals surface area (Å²) in [6.07, 6.45) is 0.976. The van der Waals surface area contributed by atoms with E-state index >= 15 is 0 Å². The SMILES string of the molecule is CC(C)(O)CNC(=O)CSCCc1ccccc1. The number of aryl methyl sites for hydroxylation is 1. The predicted molar refractivity (Wildman–Crippen MR) is 76.8 cm³/mol. The first-order valence-corrected chi connectivity index (χ1v) is 7.23. The molecule has 2 N–H and O–H groups in total. The van der Waals surface area contributed by atoms with E-state index in [9.17, 15) is 9.90 Å². The van der Waals surface area contributed by atoms with E-state index in [4.69, 9.17) is 0 Å². The smallest absolute Gasteiger partial charge is 0.230 e. The van der Waals surface area contributed by atoms with Gasteiger partial charge in [-0.05, 0) is 31.6 Å². The van der Waals surface area contributed by atoms with Gasteiger partial charge in [0.1, 0.15) is 0 Å². The van der Waals surface area contributed by atoms with Crippen LogP contribution in [0.15, 0.2) is 30.3 Å². The Balaban J connectivity index is 2.09. The van der Waals surface area contributed by atoms with Crippen LogP contribution in [0.1, 0.15) is 19.4 Å². The zero-order valence-corrected chi connectivity index (χ0v) is 11.8. The van der Waals surface area contributed by atoms with E-state index in [1.165, 1.54) is 5.56 Å². The lowest BCUT2D eigenvalue weighted by Crippen LogP contribution is -2.39. The Bertz CT molecular complexity index is 360. The van der Waals surface area contributed by atoms with Crippen LogP contribution in [0.2, 0.25) is 0 Å². The molecule has 3 nitrogen and oxygen atoms in total. The van der Waals surface area contributed by atoms with Gasteiger partial charge in [-0.1, -0.05) is 30.3 Å². The number of carbonyl (C=O) groups is 1. The molecular formula is C14H21NO2S. The van der Waals surface area contributed by atoms with E-state index in [1.54, 1.807) is 25.6 Å². The normalized spacial score (nSPS) is 11.3. The van der Waals surface area contributed by atoms with Crippen molar-refractivity contribution in [3.8, 4) is 0 Å². The van der Waals surface area contributed by atoms with Gasteiger partial charge in [-0.3, -0.25) is 4.79 Å². The number of benzene rings is 1. The Labute approximate surface area is 113 Å². The lowest BCUT2D eigenvalue weighted by Gasteiger charge is -2.17. The molecule has 0 aliphatic rings. The van der Waals surface area contributed by atoms with Gasteiger partial charge >= 0.3 is 0 Å². The summed E-state index contributed by atoms with van der Waals surface area (Å²) in [6, 6.07) is 10.2. The highest BCUT2D eigenvalue weighted by Crippen LogP contribution is 2.06. The van der Waals surface area contributed by atoms with Crippen LogP contribution < -0.4 is 5.32 Å². The van der Waals surface area contributed by atoms with Crippen LogP contribution in [-0.4, -0.2) is 34.7 Å². The molecule has 0 saturated heterocycles. The molecule has 1 rings (SSSR count). The molecule has 1 aromatic carbocycles. The highest BCUT2D eigenvalue weighted by atomic mass is 32.2. The van der Waals surface area contributed by atoms with Crippen molar-refractivity contribution in [3.63, 3.8) is 0 Å². The third-order valence-electron chi connectivity index (χ3n) is 2.33. The average molecular weight is 267 g/mol. The number of rotatable bonds is 7. The molecule has 1 amide bonds. The second-order valence-corrected chi connectivity index (χ2v) is 5.98. The van der Waals surface area contributed by atoms with E-state index in [0.29, 0.717) is 12.3 Å². The average Bonchev–Trinajstić information content (AvgIpc) is 2.33. The molecule has 0 saturated carbocycles. The third-order valence-corrected chi connectivity index (χ3v) is 3.29. The topological polar surface area (TPSA) is 49.3 Å². The lowest BCUT2D eigenvalue weighted by molar-refractivity contribution is -0.119. The number of carbonyl (C=O) groups excluding carboxylic acids is 1. The summed E-state index contributed by atoms with van der Waals surface area (Å²) in [5.41, 5.74) is 0.451. The van der Waals surface area contributed by atoms with Crippen LogP contribution in [0.4, 0.5) is 0 Å². The molecule has 0 aromatic heterocycles. The van der Waals surface area contributed by atoms with Crippen molar-refractivity contribution in [2.24, 2.45) is 0 Å². The van der Waals surface area contributed by atoms with Gasteiger partial charge in [-0.25, -0.2) is 0 Å². The first kappa shape index (κ1) is 15.1. The number of nitrogens with one attached hydrogen (secondary N) is 1. The molecule has 18 heavy (non-hydrogen) atoms. The van der Waals surface area contributed by atoms with Crippen molar-refractivity contribution in [2.75, 3.05) is 18.1 Å². The molecule has 0 fully saturated rings. The van der Waals surface area contributed by atoms with Crippen LogP contribution in [0, 0.1) is 0 Å². The minimum atomic E-state index is -0.843. The maximum absolute atomic E-state index is 11.5. The standard InChI is InChI=1S/C14H21NO2S/c1-14(2,17)11-15-13(16)10-18-9-8-12-6-4-3-5-7-12/h3-7,17H,8-11H2,1-2H3,(H,15,16). The molecular weight excluding hydrogens is 246 g/mol. The minimum Gasteiger partial charge on any atom is -0.389 e. The molecule has 0 unspecified atom stereocenters. The lowest BCUT2D eigenvalue weighted by atomic mass is 10.1. The van der Waals surface area contributed by atoms with E-state index in [2.05, 4.69) is 17.4 Å². The minimum absolute atomic E-state index is 0.0183. The monoisotopic (exact) mass is 267 g/mol. The molecule has 4 heteroatoms. The van der Waals surface area contributed by atoms with Crippen molar-refractivity contribution >= 4 is 17.7 Å². The van der Waals surface area contributed by atoms with Gasteiger partial charge in [0, 0.05) is 6.54 Å². The van der Waals surface area contributed by atoms with Gasteiger partial charge in [-0.2, -0.15) is 11.8 Å².